The highest BCUT2D eigenvalue weighted by molar-refractivity contribution is 5.71. The highest BCUT2D eigenvalue weighted by Crippen LogP contribution is 2.39. The number of hydrogen-bond acceptors (Lipinski definition) is 5. The quantitative estimate of drug-likeness (QED) is 0.620. The number of nitrogens with zero attached hydrogens (tertiary/aromatic N) is 2. The van der Waals surface area contributed by atoms with Crippen LogP contribution in [-0.2, 0) is 4.74 Å². The van der Waals surface area contributed by atoms with E-state index in [1.165, 1.54) is 4.90 Å². The summed E-state index contributed by atoms with van der Waals surface area (Å²) in [5.41, 5.74) is 5.58. The molecule has 0 saturated carbocycles. The lowest BCUT2D eigenvalue weighted by Crippen LogP contribution is -2.43. The van der Waals surface area contributed by atoms with Crippen molar-refractivity contribution < 1.29 is 23.0 Å². The summed E-state index contributed by atoms with van der Waals surface area (Å²) in [4.78, 5) is 15.6. The Kier molecular flexibility index (Phi) is 7.11. The molecular formula is C24H31F2N3O3. The van der Waals surface area contributed by atoms with Gasteiger partial charge in [0.15, 0.2) is 11.6 Å². The van der Waals surface area contributed by atoms with E-state index >= 15 is 4.39 Å². The van der Waals surface area contributed by atoms with Crippen LogP contribution in [0.4, 0.5) is 25.0 Å². The minimum absolute atomic E-state index is 0.0153. The standard InChI is InChI=1S/C24H31F2N3O3/c1-24(2,3)32-23(30)28(4)14-16-9-8-12-29(15-16)21-19(27)13-18(25)22(20(21)26)31-17-10-6-5-7-11-17/h5-7,10-11,13,16H,8-9,12,14-15,27H2,1-4H3/t16-/m0/s1. The van der Waals surface area contributed by atoms with Gasteiger partial charge >= 0.3 is 6.09 Å². The van der Waals surface area contributed by atoms with Crippen LogP contribution in [-0.4, -0.2) is 43.3 Å². The summed E-state index contributed by atoms with van der Waals surface area (Å²) in [5, 5.41) is 0. The number of halogens is 2. The molecule has 8 heteroatoms. The third kappa shape index (κ3) is 5.81. The normalized spacial score (nSPS) is 16.6. The molecule has 2 N–H and O–H groups in total. The number of amides is 1. The van der Waals surface area contributed by atoms with Crippen LogP contribution in [0.2, 0.25) is 0 Å². The Balaban J connectivity index is 1.77. The molecule has 1 aliphatic rings. The highest BCUT2D eigenvalue weighted by atomic mass is 19.1. The molecular weight excluding hydrogens is 416 g/mol. The molecule has 1 amide bonds. The fraction of sp³-hybridized carbons (Fsp3) is 0.458. The number of carbonyl (C=O) groups is 1. The molecule has 1 saturated heterocycles. The Labute approximate surface area is 187 Å². The van der Waals surface area contributed by atoms with E-state index in [0.717, 1.165) is 18.9 Å². The predicted octanol–water partition coefficient (Wildman–Crippen LogP) is 5.42. The molecule has 0 spiro atoms. The zero-order chi connectivity index (χ0) is 23.5. The third-order valence-electron chi connectivity index (χ3n) is 5.22. The van der Waals surface area contributed by atoms with E-state index < -0.39 is 29.1 Å². The predicted molar refractivity (Wildman–Crippen MR) is 121 cm³/mol. The van der Waals surface area contributed by atoms with Crippen molar-refractivity contribution in [1.82, 2.24) is 4.90 Å². The van der Waals surface area contributed by atoms with Gasteiger partial charge in [0, 0.05) is 32.7 Å². The van der Waals surface area contributed by atoms with Crippen molar-refractivity contribution in [2.75, 3.05) is 37.3 Å². The number of para-hydroxylation sites is 1. The van der Waals surface area contributed by atoms with Crippen LogP contribution in [0.15, 0.2) is 36.4 Å². The topological polar surface area (TPSA) is 68.0 Å². The van der Waals surface area contributed by atoms with E-state index in [2.05, 4.69) is 0 Å². The van der Waals surface area contributed by atoms with Crippen molar-refractivity contribution >= 4 is 17.5 Å². The zero-order valence-electron chi connectivity index (χ0n) is 19.0. The molecule has 174 valence electrons. The minimum Gasteiger partial charge on any atom is -0.451 e. The van der Waals surface area contributed by atoms with Crippen LogP contribution >= 0.6 is 0 Å². The first-order valence-electron chi connectivity index (χ1n) is 10.7. The van der Waals surface area contributed by atoms with E-state index in [1.54, 1.807) is 42.3 Å². The van der Waals surface area contributed by atoms with Gasteiger partial charge in [0.05, 0.1) is 5.69 Å². The van der Waals surface area contributed by atoms with Gasteiger partial charge in [0.25, 0.3) is 0 Å². The van der Waals surface area contributed by atoms with Crippen LogP contribution in [0.1, 0.15) is 33.6 Å². The molecule has 1 heterocycles. The average molecular weight is 448 g/mol. The van der Waals surface area contributed by atoms with Crippen molar-refractivity contribution in [1.29, 1.82) is 0 Å². The van der Waals surface area contributed by atoms with Gasteiger partial charge in [-0.1, -0.05) is 18.2 Å². The summed E-state index contributed by atoms with van der Waals surface area (Å²) in [6.45, 7) is 6.96. The zero-order valence-corrected chi connectivity index (χ0v) is 19.0. The van der Waals surface area contributed by atoms with Crippen molar-refractivity contribution in [3.05, 3.63) is 48.0 Å². The van der Waals surface area contributed by atoms with Crippen LogP contribution < -0.4 is 15.4 Å². The lowest BCUT2D eigenvalue weighted by molar-refractivity contribution is 0.0269. The molecule has 32 heavy (non-hydrogen) atoms. The second-order valence-corrected chi connectivity index (χ2v) is 9.17. The van der Waals surface area contributed by atoms with Gasteiger partial charge < -0.3 is 25.0 Å². The molecule has 2 aromatic rings. The largest absolute Gasteiger partial charge is 0.451 e. The summed E-state index contributed by atoms with van der Waals surface area (Å²) in [5.74, 6) is -1.74. The molecule has 6 nitrogen and oxygen atoms in total. The first-order chi connectivity index (χ1) is 15.0. The maximum atomic E-state index is 15.4. The van der Waals surface area contributed by atoms with Gasteiger partial charge in [-0.3, -0.25) is 0 Å². The smallest absolute Gasteiger partial charge is 0.410 e. The fourth-order valence-corrected chi connectivity index (χ4v) is 3.85. The minimum atomic E-state index is -0.856. The van der Waals surface area contributed by atoms with Crippen molar-refractivity contribution in [2.45, 2.75) is 39.2 Å². The van der Waals surface area contributed by atoms with Gasteiger partial charge in [0.2, 0.25) is 5.75 Å². The highest BCUT2D eigenvalue weighted by Gasteiger charge is 2.29. The number of rotatable bonds is 5. The molecule has 1 aliphatic heterocycles. The average Bonchev–Trinajstić information content (AvgIpc) is 2.71. The van der Waals surface area contributed by atoms with Crippen LogP contribution in [0.25, 0.3) is 0 Å². The Morgan fingerprint density at radius 1 is 1.25 bits per heavy atom. The van der Waals surface area contributed by atoms with E-state index in [-0.39, 0.29) is 17.3 Å². The molecule has 0 aromatic heterocycles. The van der Waals surface area contributed by atoms with E-state index in [9.17, 15) is 9.18 Å². The van der Waals surface area contributed by atoms with Crippen molar-refractivity contribution in [3.8, 4) is 11.5 Å². The van der Waals surface area contributed by atoms with E-state index in [0.29, 0.717) is 25.4 Å². The molecule has 1 fully saturated rings. The van der Waals surface area contributed by atoms with E-state index in [1.807, 2.05) is 20.8 Å². The third-order valence-corrected chi connectivity index (χ3v) is 5.22. The SMILES string of the molecule is CN(C[C@@H]1CCCN(c2c(N)cc(F)c(Oc3ccccc3)c2F)C1)C(=O)OC(C)(C)C. The Hall–Kier alpha value is -3.03. The number of nitrogens with two attached hydrogens (primary N) is 1. The molecule has 0 bridgehead atoms. The maximum Gasteiger partial charge on any atom is 0.410 e. The Bertz CT molecular complexity index is 948. The number of benzene rings is 2. The molecule has 0 unspecified atom stereocenters. The molecule has 0 aliphatic carbocycles. The number of ether oxygens (including phenoxy) is 2. The molecule has 0 radical (unpaired) electrons. The van der Waals surface area contributed by atoms with Gasteiger partial charge in [-0.15, -0.1) is 0 Å². The first-order valence-corrected chi connectivity index (χ1v) is 10.7. The Morgan fingerprint density at radius 3 is 2.59 bits per heavy atom. The maximum absolute atomic E-state index is 15.4. The summed E-state index contributed by atoms with van der Waals surface area (Å²) >= 11 is 0. The number of piperidine rings is 1. The van der Waals surface area contributed by atoms with Crippen LogP contribution in [0, 0.1) is 17.6 Å². The van der Waals surface area contributed by atoms with Crippen molar-refractivity contribution in [3.63, 3.8) is 0 Å². The second-order valence-electron chi connectivity index (χ2n) is 9.17. The van der Waals surface area contributed by atoms with Crippen LogP contribution in [0.5, 0.6) is 11.5 Å². The lowest BCUT2D eigenvalue weighted by atomic mass is 9.96. The monoisotopic (exact) mass is 447 g/mol. The Morgan fingerprint density at radius 2 is 1.94 bits per heavy atom. The number of hydrogen-bond donors (Lipinski definition) is 1. The lowest BCUT2D eigenvalue weighted by Gasteiger charge is -2.37. The summed E-state index contributed by atoms with van der Waals surface area (Å²) in [6.07, 6.45) is 1.26. The molecule has 1 atom stereocenters. The first kappa shape index (κ1) is 23.6. The van der Waals surface area contributed by atoms with Gasteiger partial charge in [-0.05, 0) is 51.7 Å². The van der Waals surface area contributed by atoms with E-state index in [4.69, 9.17) is 15.2 Å². The van der Waals surface area contributed by atoms with Crippen LogP contribution in [0.3, 0.4) is 0 Å². The summed E-state index contributed by atoms with van der Waals surface area (Å²) < 4.78 is 40.8. The molecule has 3 rings (SSSR count). The van der Waals surface area contributed by atoms with Gasteiger partial charge in [-0.2, -0.15) is 0 Å². The summed E-state index contributed by atoms with van der Waals surface area (Å²) in [6, 6.07) is 9.57. The molecule has 2 aromatic carbocycles. The van der Waals surface area contributed by atoms with Gasteiger partial charge in [0.1, 0.15) is 17.0 Å². The summed E-state index contributed by atoms with van der Waals surface area (Å²) in [7, 11) is 1.69. The second kappa shape index (κ2) is 9.63. The number of anilines is 2. The van der Waals surface area contributed by atoms with Crippen molar-refractivity contribution in [2.24, 2.45) is 5.92 Å². The fourth-order valence-electron chi connectivity index (χ4n) is 3.85. The number of carbonyl (C=O) groups excluding carboxylic acids is 1. The van der Waals surface area contributed by atoms with Gasteiger partial charge in [-0.25, -0.2) is 13.6 Å². The number of nitrogen functional groups attached to an aromatic ring is 1.